The zero-order valence-corrected chi connectivity index (χ0v) is 15.0. The van der Waals surface area contributed by atoms with Crippen LogP contribution in [0.25, 0.3) is 22.6 Å². The number of aromatic nitrogens is 5. The van der Waals surface area contributed by atoms with Crippen molar-refractivity contribution in [3.63, 3.8) is 0 Å². The summed E-state index contributed by atoms with van der Waals surface area (Å²) in [5.74, 6) is 0.143. The fourth-order valence-corrected chi connectivity index (χ4v) is 3.44. The second-order valence-corrected chi connectivity index (χ2v) is 6.88. The van der Waals surface area contributed by atoms with Gasteiger partial charge in [-0.2, -0.15) is 0 Å². The van der Waals surface area contributed by atoms with Gasteiger partial charge in [0.25, 0.3) is 5.91 Å². The summed E-state index contributed by atoms with van der Waals surface area (Å²) in [7, 11) is 0. The number of H-pyrrole nitrogens is 1. The molecule has 0 fully saturated rings. The third-order valence-corrected chi connectivity index (χ3v) is 4.90. The Hall–Kier alpha value is -3.33. The second-order valence-electron chi connectivity index (χ2n) is 6.49. The fourth-order valence-electron chi connectivity index (χ4n) is 3.30. The van der Waals surface area contributed by atoms with Crippen LogP contribution in [0.5, 0.6) is 0 Å². The SMILES string of the molecule is O=C1N[C@@H](C2C=CC(F)=CC2)Nc2nc(-c3c[nH]c4ncc(Cl)nc34)ncc21. The van der Waals surface area contributed by atoms with Crippen LogP contribution in [0.2, 0.25) is 5.15 Å². The first-order valence-corrected chi connectivity index (χ1v) is 8.94. The summed E-state index contributed by atoms with van der Waals surface area (Å²) in [5.41, 5.74) is 2.07. The molecule has 140 valence electrons. The van der Waals surface area contributed by atoms with Crippen LogP contribution in [-0.4, -0.2) is 37.0 Å². The average Bonchev–Trinajstić information content (AvgIpc) is 3.11. The molecular formula is C18H13ClFN7O. The van der Waals surface area contributed by atoms with Gasteiger partial charge in [-0.25, -0.2) is 24.3 Å². The topological polar surface area (TPSA) is 108 Å². The number of fused-ring (bicyclic) bond motifs is 2. The summed E-state index contributed by atoms with van der Waals surface area (Å²) in [6.45, 7) is 0. The van der Waals surface area contributed by atoms with Crippen LogP contribution in [0.4, 0.5) is 10.2 Å². The van der Waals surface area contributed by atoms with Crippen molar-refractivity contribution in [2.45, 2.75) is 12.6 Å². The number of carbonyl (C=O) groups excluding carboxylic acids is 1. The minimum atomic E-state index is -0.402. The van der Waals surface area contributed by atoms with Gasteiger partial charge >= 0.3 is 0 Å². The maximum absolute atomic E-state index is 13.2. The maximum atomic E-state index is 13.2. The van der Waals surface area contributed by atoms with Gasteiger partial charge in [0.05, 0.1) is 11.8 Å². The molecule has 4 heterocycles. The van der Waals surface area contributed by atoms with Crippen molar-refractivity contribution in [1.82, 2.24) is 30.2 Å². The third-order valence-electron chi connectivity index (χ3n) is 4.72. The molecular weight excluding hydrogens is 385 g/mol. The van der Waals surface area contributed by atoms with E-state index in [1.807, 2.05) is 0 Å². The first-order valence-electron chi connectivity index (χ1n) is 8.57. The van der Waals surface area contributed by atoms with E-state index in [4.69, 9.17) is 11.6 Å². The summed E-state index contributed by atoms with van der Waals surface area (Å²) in [5, 5.41) is 6.34. The van der Waals surface area contributed by atoms with Gasteiger partial charge in [-0.3, -0.25) is 4.79 Å². The molecule has 1 aliphatic heterocycles. The minimum absolute atomic E-state index is 0.0900. The number of amides is 1. The van der Waals surface area contributed by atoms with Crippen LogP contribution >= 0.6 is 11.6 Å². The monoisotopic (exact) mass is 397 g/mol. The molecule has 3 aromatic rings. The van der Waals surface area contributed by atoms with Crippen molar-refractivity contribution in [3.8, 4) is 11.4 Å². The van der Waals surface area contributed by atoms with Gasteiger partial charge in [0.15, 0.2) is 11.5 Å². The Labute approximate surface area is 163 Å². The number of hydrogen-bond donors (Lipinski definition) is 3. The van der Waals surface area contributed by atoms with Gasteiger partial charge in [-0.1, -0.05) is 17.7 Å². The molecule has 10 heteroatoms. The maximum Gasteiger partial charge on any atom is 0.258 e. The quantitative estimate of drug-likeness (QED) is 0.613. The van der Waals surface area contributed by atoms with Gasteiger partial charge in [0.2, 0.25) is 0 Å². The predicted molar refractivity (Wildman–Crippen MR) is 101 cm³/mol. The number of halogens is 2. The molecule has 0 saturated heterocycles. The lowest BCUT2D eigenvalue weighted by molar-refractivity contribution is 0.0926. The largest absolute Gasteiger partial charge is 0.349 e. The van der Waals surface area contributed by atoms with Gasteiger partial charge < -0.3 is 15.6 Å². The molecule has 0 radical (unpaired) electrons. The molecule has 5 rings (SSSR count). The molecule has 0 aromatic carbocycles. The van der Waals surface area contributed by atoms with E-state index >= 15 is 0 Å². The van der Waals surface area contributed by atoms with Crippen LogP contribution in [0.15, 0.2) is 42.6 Å². The normalized spacial score (nSPS) is 21.1. The molecule has 1 amide bonds. The molecule has 3 N–H and O–H groups in total. The van der Waals surface area contributed by atoms with Crippen molar-refractivity contribution < 1.29 is 9.18 Å². The van der Waals surface area contributed by atoms with E-state index < -0.39 is 6.17 Å². The molecule has 2 atom stereocenters. The number of rotatable bonds is 2. The van der Waals surface area contributed by atoms with Crippen molar-refractivity contribution in [1.29, 1.82) is 0 Å². The molecule has 8 nitrogen and oxygen atoms in total. The Balaban J connectivity index is 1.51. The zero-order chi connectivity index (χ0) is 19.3. The molecule has 2 aliphatic rings. The zero-order valence-electron chi connectivity index (χ0n) is 14.3. The number of carbonyl (C=O) groups is 1. The highest BCUT2D eigenvalue weighted by atomic mass is 35.5. The van der Waals surface area contributed by atoms with Crippen LogP contribution in [0, 0.1) is 5.92 Å². The third kappa shape index (κ3) is 2.80. The van der Waals surface area contributed by atoms with E-state index in [2.05, 4.69) is 35.6 Å². The number of nitrogens with one attached hydrogen (secondary N) is 3. The Morgan fingerprint density at radius 3 is 2.86 bits per heavy atom. The number of hydrogen-bond acceptors (Lipinski definition) is 6. The van der Waals surface area contributed by atoms with Gasteiger partial charge in [0.1, 0.15) is 34.0 Å². The van der Waals surface area contributed by atoms with E-state index in [1.54, 1.807) is 12.3 Å². The minimum Gasteiger partial charge on any atom is -0.349 e. The van der Waals surface area contributed by atoms with Gasteiger partial charge in [-0.15, -0.1) is 0 Å². The van der Waals surface area contributed by atoms with Gasteiger partial charge in [0, 0.05) is 18.3 Å². The van der Waals surface area contributed by atoms with E-state index in [-0.39, 0.29) is 22.8 Å². The summed E-state index contributed by atoms with van der Waals surface area (Å²) in [6, 6.07) is 0. The lowest BCUT2D eigenvalue weighted by atomic mass is 9.95. The molecule has 0 saturated carbocycles. The Kier molecular flexibility index (Phi) is 3.83. The molecule has 3 aromatic heterocycles. The van der Waals surface area contributed by atoms with Crippen molar-refractivity contribution >= 4 is 34.5 Å². The fraction of sp³-hybridized carbons (Fsp3) is 0.167. The van der Waals surface area contributed by atoms with Crippen molar-refractivity contribution in [2.75, 3.05) is 5.32 Å². The van der Waals surface area contributed by atoms with Crippen molar-refractivity contribution in [2.24, 2.45) is 5.92 Å². The smallest absolute Gasteiger partial charge is 0.258 e. The Morgan fingerprint density at radius 2 is 2.04 bits per heavy atom. The number of anilines is 1. The number of allylic oxidation sites excluding steroid dienone is 3. The molecule has 1 aliphatic carbocycles. The van der Waals surface area contributed by atoms with Crippen LogP contribution in [0.3, 0.4) is 0 Å². The highest BCUT2D eigenvalue weighted by molar-refractivity contribution is 6.29. The summed E-state index contributed by atoms with van der Waals surface area (Å²) in [6.07, 6.45) is 9.31. The Bertz CT molecular complexity index is 1170. The van der Waals surface area contributed by atoms with E-state index in [9.17, 15) is 9.18 Å². The van der Waals surface area contributed by atoms with Crippen LogP contribution in [-0.2, 0) is 0 Å². The lowest BCUT2D eigenvalue weighted by Crippen LogP contribution is -2.49. The standard InChI is InChI=1S/C18H13ClFN7O/c19-12-7-23-17-13(24-12)10(5-22-17)15-21-6-11-16(26-15)25-14(27-18(11)28)8-1-3-9(20)4-2-8/h1,3-8,14H,2H2,(H,22,23)(H,27,28)(H,21,25,26)/t8?,14-/m0/s1. The first-order chi connectivity index (χ1) is 13.6. The highest BCUT2D eigenvalue weighted by Crippen LogP contribution is 2.29. The second kappa shape index (κ2) is 6.38. The summed E-state index contributed by atoms with van der Waals surface area (Å²) >= 11 is 5.95. The molecule has 1 unspecified atom stereocenters. The summed E-state index contributed by atoms with van der Waals surface area (Å²) in [4.78, 5) is 32.7. The first kappa shape index (κ1) is 16.8. The number of nitrogens with zero attached hydrogens (tertiary/aromatic N) is 4. The van der Waals surface area contributed by atoms with E-state index in [0.717, 1.165) is 0 Å². The molecule has 0 spiro atoms. The van der Waals surface area contributed by atoms with Crippen molar-refractivity contribution in [3.05, 3.63) is 53.4 Å². The Morgan fingerprint density at radius 1 is 1.14 bits per heavy atom. The van der Waals surface area contributed by atoms with E-state index in [0.29, 0.717) is 40.4 Å². The van der Waals surface area contributed by atoms with Crippen LogP contribution < -0.4 is 10.6 Å². The lowest BCUT2D eigenvalue weighted by Gasteiger charge is -2.32. The average molecular weight is 398 g/mol. The molecule has 0 bridgehead atoms. The number of aromatic amines is 1. The van der Waals surface area contributed by atoms with E-state index in [1.165, 1.54) is 24.5 Å². The van der Waals surface area contributed by atoms with Crippen LogP contribution in [0.1, 0.15) is 16.8 Å². The molecule has 28 heavy (non-hydrogen) atoms. The van der Waals surface area contributed by atoms with Gasteiger partial charge in [-0.05, 0) is 18.6 Å². The summed E-state index contributed by atoms with van der Waals surface area (Å²) < 4.78 is 13.2. The highest BCUT2D eigenvalue weighted by Gasteiger charge is 2.30. The predicted octanol–water partition coefficient (Wildman–Crippen LogP) is 2.98.